The number of amides is 1. The SMILES string of the molecule is COc1cccc(NC(=O)COC(=O)CSc2ccc([N+](=O)[O-])cc2)c1. The summed E-state index contributed by atoms with van der Waals surface area (Å²) in [5.41, 5.74) is 0.511. The van der Waals surface area contributed by atoms with Crippen LogP contribution in [0, 0.1) is 10.1 Å². The van der Waals surface area contributed by atoms with E-state index in [0.29, 0.717) is 16.3 Å². The number of methoxy groups -OCH3 is 1. The van der Waals surface area contributed by atoms with Crippen LogP contribution in [0.5, 0.6) is 5.75 Å². The number of hydrogen-bond donors (Lipinski definition) is 1. The standard InChI is InChI=1S/C17H16N2O6S/c1-24-14-4-2-3-12(9-14)18-16(20)10-25-17(21)11-26-15-7-5-13(6-8-15)19(22)23/h2-9H,10-11H2,1H3,(H,18,20). The number of hydrogen-bond acceptors (Lipinski definition) is 7. The Morgan fingerprint density at radius 1 is 1.19 bits per heavy atom. The number of thioether (sulfide) groups is 1. The molecule has 1 amide bonds. The Hall–Kier alpha value is -3.07. The summed E-state index contributed by atoms with van der Waals surface area (Å²) in [5, 5.41) is 13.2. The zero-order chi connectivity index (χ0) is 18.9. The van der Waals surface area contributed by atoms with Gasteiger partial charge in [0, 0.05) is 28.8 Å². The van der Waals surface area contributed by atoms with Crippen molar-refractivity contribution in [3.8, 4) is 5.75 Å². The van der Waals surface area contributed by atoms with E-state index in [1.807, 2.05) is 0 Å². The van der Waals surface area contributed by atoms with Gasteiger partial charge in [-0.2, -0.15) is 0 Å². The number of nitro groups is 1. The minimum absolute atomic E-state index is 0.00967. The maximum atomic E-state index is 11.8. The lowest BCUT2D eigenvalue weighted by Crippen LogP contribution is -2.21. The highest BCUT2D eigenvalue weighted by Crippen LogP contribution is 2.21. The Morgan fingerprint density at radius 3 is 2.58 bits per heavy atom. The number of esters is 1. The van der Waals surface area contributed by atoms with Gasteiger partial charge < -0.3 is 14.8 Å². The summed E-state index contributed by atoms with van der Waals surface area (Å²) in [6, 6.07) is 12.6. The molecule has 2 aromatic rings. The monoisotopic (exact) mass is 376 g/mol. The van der Waals surface area contributed by atoms with Crippen molar-refractivity contribution in [2.75, 3.05) is 24.8 Å². The summed E-state index contributed by atoms with van der Waals surface area (Å²) in [7, 11) is 1.52. The second kappa shape index (κ2) is 9.42. The number of nitrogens with one attached hydrogen (secondary N) is 1. The van der Waals surface area contributed by atoms with Crippen molar-refractivity contribution in [2.45, 2.75) is 4.90 Å². The van der Waals surface area contributed by atoms with E-state index < -0.39 is 23.4 Å². The first kappa shape index (κ1) is 19.3. The number of non-ortho nitro benzene ring substituents is 1. The Bertz CT molecular complexity index is 794. The van der Waals surface area contributed by atoms with Gasteiger partial charge in [0.15, 0.2) is 6.61 Å². The number of benzene rings is 2. The lowest BCUT2D eigenvalue weighted by molar-refractivity contribution is -0.384. The average Bonchev–Trinajstić information content (AvgIpc) is 2.65. The number of carbonyl (C=O) groups is 2. The van der Waals surface area contributed by atoms with E-state index in [2.05, 4.69) is 5.32 Å². The highest BCUT2D eigenvalue weighted by molar-refractivity contribution is 8.00. The smallest absolute Gasteiger partial charge is 0.316 e. The summed E-state index contributed by atoms with van der Waals surface area (Å²) in [4.78, 5) is 34.3. The first-order valence-electron chi connectivity index (χ1n) is 7.44. The highest BCUT2D eigenvalue weighted by Gasteiger charge is 2.10. The van der Waals surface area contributed by atoms with Crippen LogP contribution in [-0.4, -0.2) is 36.3 Å². The number of anilines is 1. The van der Waals surface area contributed by atoms with Crippen molar-refractivity contribution in [2.24, 2.45) is 0 Å². The number of nitrogens with zero attached hydrogens (tertiary/aromatic N) is 1. The fraction of sp³-hybridized carbons (Fsp3) is 0.176. The first-order valence-corrected chi connectivity index (χ1v) is 8.43. The van der Waals surface area contributed by atoms with Gasteiger partial charge in [0.2, 0.25) is 0 Å². The van der Waals surface area contributed by atoms with Gasteiger partial charge in [-0.15, -0.1) is 11.8 Å². The minimum Gasteiger partial charge on any atom is -0.497 e. The molecule has 2 rings (SSSR count). The second-order valence-corrected chi connectivity index (χ2v) is 6.03. The molecule has 0 atom stereocenters. The van der Waals surface area contributed by atoms with Crippen LogP contribution in [-0.2, 0) is 14.3 Å². The van der Waals surface area contributed by atoms with Crippen molar-refractivity contribution >= 4 is 35.0 Å². The molecule has 0 saturated heterocycles. The zero-order valence-corrected chi connectivity index (χ0v) is 14.7. The zero-order valence-electron chi connectivity index (χ0n) is 13.8. The third-order valence-electron chi connectivity index (χ3n) is 3.12. The molecule has 0 aliphatic carbocycles. The first-order chi connectivity index (χ1) is 12.5. The molecule has 0 radical (unpaired) electrons. The van der Waals surface area contributed by atoms with Gasteiger partial charge in [-0.25, -0.2) is 0 Å². The fourth-order valence-electron chi connectivity index (χ4n) is 1.89. The molecule has 0 bridgehead atoms. The molecule has 0 aliphatic rings. The topological polar surface area (TPSA) is 108 Å². The van der Waals surface area contributed by atoms with Crippen molar-refractivity contribution in [1.29, 1.82) is 0 Å². The van der Waals surface area contributed by atoms with Crippen LogP contribution in [0.4, 0.5) is 11.4 Å². The summed E-state index contributed by atoms with van der Waals surface area (Å²) in [6.45, 7) is -0.406. The molecule has 1 N–H and O–H groups in total. The van der Waals surface area contributed by atoms with E-state index in [-0.39, 0.29) is 11.4 Å². The third kappa shape index (κ3) is 6.10. The molecular weight excluding hydrogens is 360 g/mol. The second-order valence-electron chi connectivity index (χ2n) is 4.98. The lowest BCUT2D eigenvalue weighted by atomic mass is 10.3. The predicted octanol–water partition coefficient (Wildman–Crippen LogP) is 2.88. The van der Waals surface area contributed by atoms with Crippen LogP contribution in [0.25, 0.3) is 0 Å². The molecule has 8 nitrogen and oxygen atoms in total. The Labute approximate surface area is 153 Å². The quantitative estimate of drug-likeness (QED) is 0.327. The largest absolute Gasteiger partial charge is 0.497 e. The maximum Gasteiger partial charge on any atom is 0.316 e. The molecule has 0 unspecified atom stereocenters. The van der Waals surface area contributed by atoms with Gasteiger partial charge in [0.25, 0.3) is 11.6 Å². The van der Waals surface area contributed by atoms with E-state index >= 15 is 0 Å². The lowest BCUT2D eigenvalue weighted by Gasteiger charge is -2.08. The van der Waals surface area contributed by atoms with Gasteiger partial charge in [0.1, 0.15) is 5.75 Å². The summed E-state index contributed by atoms with van der Waals surface area (Å²) in [5.74, 6) is -0.440. The van der Waals surface area contributed by atoms with Crippen LogP contribution in [0.2, 0.25) is 0 Å². The number of rotatable bonds is 8. The summed E-state index contributed by atoms with van der Waals surface area (Å²) in [6.07, 6.45) is 0. The van der Waals surface area contributed by atoms with Crippen molar-refractivity contribution in [3.63, 3.8) is 0 Å². The van der Waals surface area contributed by atoms with Gasteiger partial charge >= 0.3 is 5.97 Å². The normalized spacial score (nSPS) is 10.0. The van der Waals surface area contributed by atoms with Gasteiger partial charge in [0.05, 0.1) is 17.8 Å². The van der Waals surface area contributed by atoms with E-state index in [1.54, 1.807) is 36.4 Å². The molecule has 2 aromatic carbocycles. The van der Waals surface area contributed by atoms with Crippen LogP contribution >= 0.6 is 11.8 Å². The molecule has 0 spiro atoms. The Morgan fingerprint density at radius 2 is 1.92 bits per heavy atom. The van der Waals surface area contributed by atoms with E-state index in [1.165, 1.54) is 19.2 Å². The van der Waals surface area contributed by atoms with Crippen LogP contribution in [0.3, 0.4) is 0 Å². The molecule has 9 heteroatoms. The summed E-state index contributed by atoms with van der Waals surface area (Å²) < 4.78 is 9.96. The molecular formula is C17H16N2O6S. The molecule has 26 heavy (non-hydrogen) atoms. The molecule has 0 heterocycles. The molecule has 0 fully saturated rings. The van der Waals surface area contributed by atoms with E-state index in [0.717, 1.165) is 11.8 Å². The van der Waals surface area contributed by atoms with Gasteiger partial charge in [-0.3, -0.25) is 19.7 Å². The maximum absolute atomic E-state index is 11.8. The number of carbonyl (C=O) groups excluding carboxylic acids is 2. The van der Waals surface area contributed by atoms with Crippen molar-refractivity contribution in [3.05, 3.63) is 58.6 Å². The Balaban J connectivity index is 1.73. The highest BCUT2D eigenvalue weighted by atomic mass is 32.2. The number of ether oxygens (including phenoxy) is 2. The number of nitro benzene ring substituents is 1. The fourth-order valence-corrected chi connectivity index (χ4v) is 2.59. The molecule has 0 aromatic heterocycles. The van der Waals surface area contributed by atoms with Crippen LogP contribution in [0.1, 0.15) is 0 Å². The van der Waals surface area contributed by atoms with Crippen molar-refractivity contribution in [1.82, 2.24) is 0 Å². The third-order valence-corrected chi connectivity index (χ3v) is 4.11. The molecule has 0 saturated carbocycles. The van der Waals surface area contributed by atoms with Gasteiger partial charge in [-0.05, 0) is 24.3 Å². The van der Waals surface area contributed by atoms with Crippen LogP contribution in [0.15, 0.2) is 53.4 Å². The van der Waals surface area contributed by atoms with E-state index in [4.69, 9.17) is 9.47 Å². The van der Waals surface area contributed by atoms with Gasteiger partial charge in [-0.1, -0.05) is 6.07 Å². The molecule has 136 valence electrons. The van der Waals surface area contributed by atoms with E-state index in [9.17, 15) is 19.7 Å². The minimum atomic E-state index is -0.561. The summed E-state index contributed by atoms with van der Waals surface area (Å²) >= 11 is 1.16. The molecule has 0 aliphatic heterocycles. The van der Waals surface area contributed by atoms with Crippen LogP contribution < -0.4 is 10.1 Å². The Kier molecular flexibility index (Phi) is 6.98. The average molecular weight is 376 g/mol. The van der Waals surface area contributed by atoms with Crippen molar-refractivity contribution < 1.29 is 24.0 Å². The predicted molar refractivity (Wildman–Crippen MR) is 96.4 cm³/mol.